The Morgan fingerprint density at radius 2 is 1.94 bits per heavy atom. The molecule has 4 nitrogen and oxygen atoms in total. The van der Waals surface area contributed by atoms with Crippen molar-refractivity contribution in [2.75, 3.05) is 14.1 Å². The van der Waals surface area contributed by atoms with Crippen LogP contribution in [0.25, 0.3) is 0 Å². The molecule has 0 bridgehead atoms. The maximum absolute atomic E-state index is 4.74. The van der Waals surface area contributed by atoms with E-state index in [0.717, 1.165) is 13.1 Å². The lowest BCUT2D eigenvalue weighted by Gasteiger charge is -2.35. The molecule has 2 rings (SSSR count). The van der Waals surface area contributed by atoms with Gasteiger partial charge in [-0.2, -0.15) is 5.10 Å². The van der Waals surface area contributed by atoms with Crippen molar-refractivity contribution in [3.8, 4) is 0 Å². The van der Waals surface area contributed by atoms with E-state index in [-0.39, 0.29) is 5.54 Å². The van der Waals surface area contributed by atoms with Crippen molar-refractivity contribution < 1.29 is 0 Å². The van der Waals surface area contributed by atoms with Crippen molar-refractivity contribution in [2.45, 2.75) is 52.4 Å². The van der Waals surface area contributed by atoms with Crippen LogP contribution in [-0.2, 0) is 20.1 Å². The second kappa shape index (κ2) is 4.35. The predicted octanol–water partition coefficient (Wildman–Crippen LogP) is 2.16. The van der Waals surface area contributed by atoms with Gasteiger partial charge < -0.3 is 4.90 Å². The Bertz CT molecular complexity index is 439. The lowest BCUT2D eigenvalue weighted by atomic mass is 10.1. The van der Waals surface area contributed by atoms with Gasteiger partial charge in [-0.15, -0.1) is 0 Å². The Labute approximate surface area is 111 Å². The van der Waals surface area contributed by atoms with Gasteiger partial charge in [-0.25, -0.2) is 0 Å². The molecule has 1 aliphatic rings. The first-order chi connectivity index (χ1) is 8.21. The number of fused-ring (bicyclic) bond motifs is 1. The molecule has 1 aromatic rings. The van der Waals surface area contributed by atoms with Gasteiger partial charge in [-0.05, 0) is 41.8 Å². The highest BCUT2D eigenvalue weighted by molar-refractivity contribution is 5.33. The third-order valence-electron chi connectivity index (χ3n) is 3.83. The molecular formula is C14H26N4. The number of hydrogen-bond acceptors (Lipinski definition) is 3. The van der Waals surface area contributed by atoms with Crippen LogP contribution < -0.4 is 0 Å². The van der Waals surface area contributed by atoms with Gasteiger partial charge in [-0.1, -0.05) is 0 Å². The molecule has 0 spiro atoms. The van der Waals surface area contributed by atoms with Gasteiger partial charge in [0.05, 0.1) is 17.4 Å². The molecule has 18 heavy (non-hydrogen) atoms. The van der Waals surface area contributed by atoms with Crippen LogP contribution in [0, 0.1) is 0 Å². The Hall–Kier alpha value is -0.870. The summed E-state index contributed by atoms with van der Waals surface area (Å²) in [5.74, 6) is 0. The van der Waals surface area contributed by atoms with E-state index < -0.39 is 0 Å². The molecule has 0 amide bonds. The first kappa shape index (κ1) is 13.6. The van der Waals surface area contributed by atoms with Crippen LogP contribution >= 0.6 is 0 Å². The molecule has 1 atom stereocenters. The summed E-state index contributed by atoms with van der Waals surface area (Å²) in [6.07, 6.45) is 0. The van der Waals surface area contributed by atoms with Crippen molar-refractivity contribution in [3.05, 3.63) is 17.0 Å². The minimum absolute atomic E-state index is 0.196. The van der Waals surface area contributed by atoms with Crippen molar-refractivity contribution in [1.29, 1.82) is 0 Å². The van der Waals surface area contributed by atoms with Crippen LogP contribution in [0.5, 0.6) is 0 Å². The summed E-state index contributed by atoms with van der Waals surface area (Å²) in [5, 5.41) is 4.74. The maximum atomic E-state index is 4.74. The Balaban J connectivity index is 2.35. The highest BCUT2D eigenvalue weighted by atomic mass is 15.3. The van der Waals surface area contributed by atoms with Gasteiger partial charge in [0.25, 0.3) is 0 Å². The van der Waals surface area contributed by atoms with Gasteiger partial charge in [0.2, 0.25) is 0 Å². The average molecular weight is 250 g/mol. The second-order valence-corrected chi connectivity index (χ2v) is 6.65. The molecule has 102 valence electrons. The Morgan fingerprint density at radius 1 is 1.33 bits per heavy atom. The quantitative estimate of drug-likeness (QED) is 0.804. The minimum atomic E-state index is 0.196. The fourth-order valence-electron chi connectivity index (χ4n) is 2.90. The van der Waals surface area contributed by atoms with E-state index in [1.54, 1.807) is 0 Å². The molecule has 0 radical (unpaired) electrons. The molecule has 0 N–H and O–H groups in total. The molecule has 2 heterocycles. The van der Waals surface area contributed by atoms with Gasteiger partial charge in [0.1, 0.15) is 0 Å². The fraction of sp³-hybridized carbons (Fsp3) is 0.786. The van der Waals surface area contributed by atoms with Crippen molar-refractivity contribution in [2.24, 2.45) is 7.05 Å². The van der Waals surface area contributed by atoms with Crippen molar-refractivity contribution in [1.82, 2.24) is 19.6 Å². The van der Waals surface area contributed by atoms with E-state index >= 15 is 0 Å². The molecule has 4 heteroatoms. The summed E-state index contributed by atoms with van der Waals surface area (Å²) in [7, 11) is 6.28. The third-order valence-corrected chi connectivity index (χ3v) is 3.83. The second-order valence-electron chi connectivity index (χ2n) is 6.65. The Kier molecular flexibility index (Phi) is 3.28. The fourth-order valence-corrected chi connectivity index (χ4v) is 2.90. The van der Waals surface area contributed by atoms with Crippen LogP contribution in [0.15, 0.2) is 0 Å². The zero-order valence-electron chi connectivity index (χ0n) is 12.8. The van der Waals surface area contributed by atoms with E-state index in [9.17, 15) is 0 Å². The number of aryl methyl sites for hydroxylation is 1. The van der Waals surface area contributed by atoms with E-state index in [1.807, 2.05) is 0 Å². The molecule has 0 saturated heterocycles. The van der Waals surface area contributed by atoms with E-state index in [0.29, 0.717) is 6.04 Å². The van der Waals surface area contributed by atoms with Crippen LogP contribution in [0.2, 0.25) is 0 Å². The number of nitrogens with zero attached hydrogens (tertiary/aromatic N) is 4. The van der Waals surface area contributed by atoms with E-state index in [1.165, 1.54) is 17.0 Å². The van der Waals surface area contributed by atoms with Crippen LogP contribution in [0.4, 0.5) is 0 Å². The standard InChI is InChI=1S/C14H26N4/c1-10-13-11(8-18(10)14(2,3)4)12(9-16(5)6)17(7)15-13/h10H,8-9H2,1-7H3/t10-/m0/s1. The van der Waals surface area contributed by atoms with E-state index in [4.69, 9.17) is 5.10 Å². The predicted molar refractivity (Wildman–Crippen MR) is 74.3 cm³/mol. The lowest BCUT2D eigenvalue weighted by Crippen LogP contribution is -2.39. The molecule has 1 aliphatic heterocycles. The lowest BCUT2D eigenvalue weighted by molar-refractivity contribution is 0.0968. The zero-order chi connectivity index (χ0) is 13.7. The number of aromatic nitrogens is 2. The zero-order valence-corrected chi connectivity index (χ0v) is 12.8. The molecule has 0 aromatic carbocycles. The summed E-state index contributed by atoms with van der Waals surface area (Å²) in [5.41, 5.74) is 4.26. The van der Waals surface area contributed by atoms with Crippen LogP contribution in [-0.4, -0.2) is 39.2 Å². The first-order valence-electron chi connectivity index (χ1n) is 6.68. The van der Waals surface area contributed by atoms with Crippen LogP contribution in [0.1, 0.15) is 50.7 Å². The van der Waals surface area contributed by atoms with E-state index in [2.05, 4.69) is 63.3 Å². The monoisotopic (exact) mass is 250 g/mol. The van der Waals surface area contributed by atoms with Gasteiger partial charge >= 0.3 is 0 Å². The normalized spacial score (nSPS) is 20.8. The number of hydrogen-bond donors (Lipinski definition) is 0. The largest absolute Gasteiger partial charge is 0.304 e. The van der Waals surface area contributed by atoms with Crippen molar-refractivity contribution in [3.63, 3.8) is 0 Å². The van der Waals surface area contributed by atoms with Gasteiger partial charge in [0, 0.05) is 31.2 Å². The van der Waals surface area contributed by atoms with Gasteiger partial charge in [0.15, 0.2) is 0 Å². The average Bonchev–Trinajstić information content (AvgIpc) is 2.66. The molecule has 1 aromatic heterocycles. The van der Waals surface area contributed by atoms with Crippen LogP contribution in [0.3, 0.4) is 0 Å². The molecule has 0 saturated carbocycles. The summed E-state index contributed by atoms with van der Waals surface area (Å²) in [6.45, 7) is 11.1. The molecule has 0 fully saturated rings. The van der Waals surface area contributed by atoms with Gasteiger partial charge in [-0.3, -0.25) is 9.58 Å². The topological polar surface area (TPSA) is 24.3 Å². The maximum Gasteiger partial charge on any atom is 0.0842 e. The minimum Gasteiger partial charge on any atom is -0.304 e. The van der Waals surface area contributed by atoms with Crippen molar-refractivity contribution >= 4 is 0 Å². The SMILES string of the molecule is C[C@H]1c2nn(C)c(CN(C)C)c2CN1C(C)(C)C. The molecular weight excluding hydrogens is 224 g/mol. The summed E-state index contributed by atoms with van der Waals surface area (Å²) in [6, 6.07) is 0.419. The molecule has 0 aliphatic carbocycles. The summed E-state index contributed by atoms with van der Waals surface area (Å²) < 4.78 is 2.06. The number of rotatable bonds is 2. The third kappa shape index (κ3) is 2.19. The summed E-state index contributed by atoms with van der Waals surface area (Å²) in [4.78, 5) is 4.74. The summed E-state index contributed by atoms with van der Waals surface area (Å²) >= 11 is 0. The smallest absolute Gasteiger partial charge is 0.0842 e. The first-order valence-corrected chi connectivity index (χ1v) is 6.68. The molecule has 0 unspecified atom stereocenters. The highest BCUT2D eigenvalue weighted by Gasteiger charge is 2.38. The highest BCUT2D eigenvalue weighted by Crippen LogP contribution is 2.39. The Morgan fingerprint density at radius 3 is 2.44 bits per heavy atom.